The van der Waals surface area contributed by atoms with Crippen LogP contribution in [0.3, 0.4) is 0 Å². The molecule has 6 aliphatic rings. The van der Waals surface area contributed by atoms with Gasteiger partial charge in [0, 0.05) is 17.1 Å². The molecular formula is C21H26N2O2. The van der Waals surface area contributed by atoms with Crippen molar-refractivity contribution in [3.05, 3.63) is 29.8 Å². The van der Waals surface area contributed by atoms with E-state index in [0.717, 1.165) is 12.8 Å². The summed E-state index contributed by atoms with van der Waals surface area (Å²) in [7, 11) is 1.56. The van der Waals surface area contributed by atoms with Crippen molar-refractivity contribution >= 4 is 11.7 Å². The number of anilines is 1. The van der Waals surface area contributed by atoms with E-state index in [2.05, 4.69) is 34.5 Å². The van der Waals surface area contributed by atoms with Crippen molar-refractivity contribution in [2.75, 3.05) is 25.5 Å². The van der Waals surface area contributed by atoms with Crippen LogP contribution in [0.1, 0.15) is 44.1 Å². The SMILES string of the molecule is COC(=O)[C@H]1C[C@@]23CCCN4CC[C@@]5(c6ccccc6N[C@]15CC2)[C@H]43. The number of fused-ring (bicyclic) bond motifs is 3. The number of hydrogen-bond donors (Lipinski definition) is 1. The molecule has 1 N–H and O–H groups in total. The largest absolute Gasteiger partial charge is 0.469 e. The second-order valence-corrected chi connectivity index (χ2v) is 9.05. The van der Waals surface area contributed by atoms with Gasteiger partial charge in [-0.05, 0) is 68.7 Å². The molecule has 0 unspecified atom stereocenters. The van der Waals surface area contributed by atoms with Gasteiger partial charge in [0.1, 0.15) is 0 Å². The van der Waals surface area contributed by atoms with E-state index in [0.29, 0.717) is 11.5 Å². The van der Waals surface area contributed by atoms with Crippen molar-refractivity contribution in [1.29, 1.82) is 0 Å². The van der Waals surface area contributed by atoms with Gasteiger partial charge in [0.2, 0.25) is 0 Å². The molecular weight excluding hydrogens is 312 g/mol. The third-order valence-corrected chi connectivity index (χ3v) is 8.60. The first-order chi connectivity index (χ1) is 12.2. The van der Waals surface area contributed by atoms with Gasteiger partial charge in [-0.3, -0.25) is 9.69 Å². The minimum Gasteiger partial charge on any atom is -0.469 e. The molecule has 4 heteroatoms. The fourth-order valence-corrected chi connectivity index (χ4v) is 8.03. The molecule has 5 atom stereocenters. The summed E-state index contributed by atoms with van der Waals surface area (Å²) in [6.07, 6.45) is 7.10. The number of ether oxygens (including phenoxy) is 1. The topological polar surface area (TPSA) is 41.6 Å². The third-order valence-electron chi connectivity index (χ3n) is 8.60. The Morgan fingerprint density at radius 3 is 2.96 bits per heavy atom. The van der Waals surface area contributed by atoms with Gasteiger partial charge in [-0.25, -0.2) is 0 Å². The van der Waals surface area contributed by atoms with Gasteiger partial charge in [0.15, 0.2) is 0 Å². The van der Waals surface area contributed by atoms with Crippen molar-refractivity contribution in [3.8, 4) is 0 Å². The fraction of sp³-hybridized carbons (Fsp3) is 0.667. The third kappa shape index (κ3) is 1.38. The summed E-state index contributed by atoms with van der Waals surface area (Å²) in [6, 6.07) is 9.45. The Kier molecular flexibility index (Phi) is 2.57. The Bertz CT molecular complexity index is 779. The van der Waals surface area contributed by atoms with Crippen LogP contribution in [0, 0.1) is 11.3 Å². The molecule has 3 aliphatic heterocycles. The number of rotatable bonds is 1. The van der Waals surface area contributed by atoms with E-state index in [1.807, 2.05) is 0 Å². The molecule has 132 valence electrons. The summed E-state index contributed by atoms with van der Waals surface area (Å²) in [6.45, 7) is 2.41. The molecule has 3 spiro atoms. The molecule has 0 aromatic heterocycles. The molecule has 4 nitrogen and oxygen atoms in total. The Hall–Kier alpha value is -1.55. The second kappa shape index (κ2) is 4.40. The normalized spacial score (nSPS) is 46.1. The first-order valence-electron chi connectivity index (χ1n) is 9.87. The number of benzene rings is 1. The molecule has 3 saturated carbocycles. The molecule has 1 aromatic carbocycles. The van der Waals surface area contributed by atoms with Crippen LogP contribution in [0.25, 0.3) is 0 Å². The molecule has 25 heavy (non-hydrogen) atoms. The maximum atomic E-state index is 12.9. The van der Waals surface area contributed by atoms with Crippen molar-refractivity contribution < 1.29 is 9.53 Å². The lowest BCUT2D eigenvalue weighted by Gasteiger charge is -2.69. The van der Waals surface area contributed by atoms with E-state index >= 15 is 0 Å². The van der Waals surface area contributed by atoms with E-state index < -0.39 is 0 Å². The molecule has 5 fully saturated rings. The molecule has 7 rings (SSSR count). The Morgan fingerprint density at radius 2 is 2.08 bits per heavy atom. The predicted molar refractivity (Wildman–Crippen MR) is 95.5 cm³/mol. The number of carbonyl (C=O) groups excluding carboxylic acids is 1. The molecule has 1 aromatic rings. The van der Waals surface area contributed by atoms with Crippen LogP contribution in [0.4, 0.5) is 5.69 Å². The van der Waals surface area contributed by atoms with Crippen LogP contribution in [-0.4, -0.2) is 42.6 Å². The molecule has 0 amide bonds. The summed E-state index contributed by atoms with van der Waals surface area (Å²) in [4.78, 5) is 15.7. The van der Waals surface area contributed by atoms with Gasteiger partial charge in [-0.15, -0.1) is 0 Å². The van der Waals surface area contributed by atoms with Gasteiger partial charge < -0.3 is 10.1 Å². The minimum absolute atomic E-state index is 0.00114. The zero-order valence-electron chi connectivity index (χ0n) is 14.9. The van der Waals surface area contributed by atoms with Gasteiger partial charge in [0.05, 0.1) is 18.6 Å². The Balaban J connectivity index is 1.65. The van der Waals surface area contributed by atoms with Crippen LogP contribution in [0.5, 0.6) is 0 Å². The Labute approximate surface area is 148 Å². The van der Waals surface area contributed by atoms with Crippen LogP contribution >= 0.6 is 0 Å². The van der Waals surface area contributed by atoms with Gasteiger partial charge in [-0.1, -0.05) is 18.2 Å². The number of esters is 1. The van der Waals surface area contributed by atoms with Crippen molar-refractivity contribution in [2.45, 2.75) is 55.5 Å². The monoisotopic (exact) mass is 338 g/mol. The zero-order chi connectivity index (χ0) is 16.9. The summed E-state index contributed by atoms with van der Waals surface area (Å²) in [5.74, 6) is -0.0193. The van der Waals surface area contributed by atoms with E-state index in [1.54, 1.807) is 7.11 Å². The average molecular weight is 338 g/mol. The van der Waals surface area contributed by atoms with Crippen molar-refractivity contribution in [1.82, 2.24) is 4.90 Å². The fourth-order valence-electron chi connectivity index (χ4n) is 8.03. The summed E-state index contributed by atoms with van der Waals surface area (Å²) >= 11 is 0. The summed E-state index contributed by atoms with van der Waals surface area (Å²) in [5, 5.41) is 3.92. The highest BCUT2D eigenvalue weighted by Gasteiger charge is 2.78. The van der Waals surface area contributed by atoms with Crippen molar-refractivity contribution in [3.63, 3.8) is 0 Å². The highest BCUT2D eigenvalue weighted by atomic mass is 16.5. The van der Waals surface area contributed by atoms with Crippen LogP contribution in [-0.2, 0) is 14.9 Å². The molecule has 2 saturated heterocycles. The molecule has 3 heterocycles. The Morgan fingerprint density at radius 1 is 1.20 bits per heavy atom. The first-order valence-corrected chi connectivity index (χ1v) is 9.87. The van der Waals surface area contributed by atoms with E-state index in [1.165, 1.54) is 50.0 Å². The zero-order valence-corrected chi connectivity index (χ0v) is 14.9. The number of piperidine rings is 1. The second-order valence-electron chi connectivity index (χ2n) is 9.05. The number of hydrogen-bond acceptors (Lipinski definition) is 4. The highest BCUT2D eigenvalue weighted by Crippen LogP contribution is 2.74. The number of nitrogens with zero attached hydrogens (tertiary/aromatic N) is 1. The maximum Gasteiger partial charge on any atom is 0.311 e. The van der Waals surface area contributed by atoms with Crippen LogP contribution in [0.2, 0.25) is 0 Å². The smallest absolute Gasteiger partial charge is 0.311 e. The van der Waals surface area contributed by atoms with E-state index in [9.17, 15) is 4.79 Å². The van der Waals surface area contributed by atoms with Crippen LogP contribution < -0.4 is 5.32 Å². The summed E-state index contributed by atoms with van der Waals surface area (Å²) in [5.41, 5.74) is 2.97. The van der Waals surface area contributed by atoms with Crippen LogP contribution in [0.15, 0.2) is 24.3 Å². The quantitative estimate of drug-likeness (QED) is 0.800. The maximum absolute atomic E-state index is 12.9. The van der Waals surface area contributed by atoms with Gasteiger partial charge in [-0.2, -0.15) is 0 Å². The number of methoxy groups -OCH3 is 1. The van der Waals surface area contributed by atoms with Gasteiger partial charge in [0.25, 0.3) is 0 Å². The average Bonchev–Trinajstić information content (AvgIpc) is 3.19. The summed E-state index contributed by atoms with van der Waals surface area (Å²) < 4.78 is 5.33. The van der Waals surface area contributed by atoms with Gasteiger partial charge >= 0.3 is 5.97 Å². The number of carbonyl (C=O) groups is 1. The lowest BCUT2D eigenvalue weighted by atomic mass is 9.39. The molecule has 3 aliphatic carbocycles. The highest BCUT2D eigenvalue weighted by molar-refractivity contribution is 5.80. The molecule has 2 bridgehead atoms. The van der Waals surface area contributed by atoms with E-state index in [-0.39, 0.29) is 22.8 Å². The number of para-hydroxylation sites is 1. The predicted octanol–water partition coefficient (Wildman–Crippen LogP) is 2.93. The molecule has 0 radical (unpaired) electrons. The number of nitrogens with one attached hydrogen (secondary N) is 1. The lowest BCUT2D eigenvalue weighted by Crippen LogP contribution is -2.76. The lowest BCUT2D eigenvalue weighted by molar-refractivity contribution is -0.171. The standard InChI is InChI=1S/C21H26N2O2/c1-25-17(24)15-13-19-7-4-11-23-12-10-20(18(19)23)14-5-2-3-6-16(14)22-21(15,20)9-8-19/h2-3,5-6,15,18,22H,4,7-13H2,1H3/t15-,18-,19-,20-,21-/m1/s1. The minimum atomic E-state index is -0.151. The first kappa shape index (κ1) is 14.6. The van der Waals surface area contributed by atoms with E-state index in [4.69, 9.17) is 4.74 Å². The van der Waals surface area contributed by atoms with Crippen molar-refractivity contribution in [2.24, 2.45) is 11.3 Å².